The summed E-state index contributed by atoms with van der Waals surface area (Å²) >= 11 is 0. The standard InChI is InChI=1S/C14H19NO4/c1-3-15-14(17)7-8-19-12-6-5-11(10-16)9-13(12)18-4-2/h5-6,9-10H,3-4,7-8H2,1-2H3,(H,15,17). The molecule has 0 aromatic heterocycles. The minimum absolute atomic E-state index is 0.0510. The summed E-state index contributed by atoms with van der Waals surface area (Å²) in [4.78, 5) is 22.0. The van der Waals surface area contributed by atoms with E-state index in [4.69, 9.17) is 9.47 Å². The maximum atomic E-state index is 11.3. The summed E-state index contributed by atoms with van der Waals surface area (Å²) in [6.45, 7) is 5.08. The topological polar surface area (TPSA) is 64.6 Å². The maximum Gasteiger partial charge on any atom is 0.223 e. The lowest BCUT2D eigenvalue weighted by Gasteiger charge is -2.12. The molecule has 0 spiro atoms. The summed E-state index contributed by atoms with van der Waals surface area (Å²) in [5, 5.41) is 2.69. The molecule has 104 valence electrons. The molecule has 0 radical (unpaired) electrons. The van der Waals surface area contributed by atoms with Crippen LogP contribution in [0.25, 0.3) is 0 Å². The fourth-order valence-corrected chi connectivity index (χ4v) is 1.52. The highest BCUT2D eigenvalue weighted by Crippen LogP contribution is 2.28. The third kappa shape index (κ3) is 4.99. The number of carbonyl (C=O) groups excluding carboxylic acids is 2. The van der Waals surface area contributed by atoms with Crippen LogP contribution in [0.3, 0.4) is 0 Å². The second-order valence-corrected chi connectivity index (χ2v) is 3.81. The second-order valence-electron chi connectivity index (χ2n) is 3.81. The van der Waals surface area contributed by atoms with Crippen LogP contribution >= 0.6 is 0 Å². The van der Waals surface area contributed by atoms with Gasteiger partial charge < -0.3 is 14.8 Å². The first-order valence-electron chi connectivity index (χ1n) is 6.32. The number of carbonyl (C=O) groups is 2. The van der Waals surface area contributed by atoms with E-state index in [0.717, 1.165) is 6.29 Å². The van der Waals surface area contributed by atoms with Gasteiger partial charge in [-0.1, -0.05) is 0 Å². The highest BCUT2D eigenvalue weighted by molar-refractivity contribution is 5.77. The van der Waals surface area contributed by atoms with Gasteiger partial charge in [0, 0.05) is 12.1 Å². The van der Waals surface area contributed by atoms with E-state index in [1.165, 1.54) is 0 Å². The van der Waals surface area contributed by atoms with E-state index < -0.39 is 0 Å². The fourth-order valence-electron chi connectivity index (χ4n) is 1.52. The zero-order valence-corrected chi connectivity index (χ0v) is 11.3. The Morgan fingerprint density at radius 1 is 1.26 bits per heavy atom. The van der Waals surface area contributed by atoms with Crippen molar-refractivity contribution in [2.75, 3.05) is 19.8 Å². The van der Waals surface area contributed by atoms with Crippen molar-refractivity contribution < 1.29 is 19.1 Å². The van der Waals surface area contributed by atoms with E-state index in [0.29, 0.717) is 30.2 Å². The van der Waals surface area contributed by atoms with Gasteiger partial charge in [0.25, 0.3) is 0 Å². The van der Waals surface area contributed by atoms with E-state index in [2.05, 4.69) is 5.32 Å². The molecule has 19 heavy (non-hydrogen) atoms. The molecule has 0 aliphatic carbocycles. The van der Waals surface area contributed by atoms with Crippen molar-refractivity contribution in [3.05, 3.63) is 23.8 Å². The van der Waals surface area contributed by atoms with E-state index in [1.807, 2.05) is 13.8 Å². The van der Waals surface area contributed by atoms with Crippen LogP contribution in [0.2, 0.25) is 0 Å². The monoisotopic (exact) mass is 265 g/mol. The molecule has 0 heterocycles. The molecule has 5 nitrogen and oxygen atoms in total. The third-order valence-electron chi connectivity index (χ3n) is 2.36. The number of hydrogen-bond acceptors (Lipinski definition) is 4. The summed E-state index contributed by atoms with van der Waals surface area (Å²) in [6, 6.07) is 4.95. The van der Waals surface area contributed by atoms with Crippen LogP contribution in [0.5, 0.6) is 11.5 Å². The lowest BCUT2D eigenvalue weighted by molar-refractivity contribution is -0.121. The van der Waals surface area contributed by atoms with Crippen LogP contribution in [0.4, 0.5) is 0 Å². The quantitative estimate of drug-likeness (QED) is 0.728. The van der Waals surface area contributed by atoms with Crippen molar-refractivity contribution in [1.82, 2.24) is 5.32 Å². The van der Waals surface area contributed by atoms with Crippen molar-refractivity contribution in [3.8, 4) is 11.5 Å². The lowest BCUT2D eigenvalue weighted by Crippen LogP contribution is -2.24. The summed E-state index contributed by atoms with van der Waals surface area (Å²) in [5.74, 6) is 1.00. The first-order chi connectivity index (χ1) is 9.21. The minimum atomic E-state index is -0.0510. The average Bonchev–Trinajstić information content (AvgIpc) is 2.41. The molecular weight excluding hydrogens is 246 g/mol. The van der Waals surface area contributed by atoms with Crippen molar-refractivity contribution in [2.24, 2.45) is 0 Å². The smallest absolute Gasteiger partial charge is 0.223 e. The van der Waals surface area contributed by atoms with Crippen LogP contribution in [0.15, 0.2) is 18.2 Å². The van der Waals surface area contributed by atoms with Gasteiger partial charge in [-0.25, -0.2) is 0 Å². The minimum Gasteiger partial charge on any atom is -0.490 e. The van der Waals surface area contributed by atoms with Gasteiger partial charge in [0.1, 0.15) is 6.29 Å². The molecule has 0 saturated carbocycles. The Morgan fingerprint density at radius 2 is 2.05 bits per heavy atom. The Morgan fingerprint density at radius 3 is 2.68 bits per heavy atom. The molecule has 0 atom stereocenters. The molecule has 5 heteroatoms. The highest BCUT2D eigenvalue weighted by atomic mass is 16.5. The average molecular weight is 265 g/mol. The Hall–Kier alpha value is -2.04. The van der Waals surface area contributed by atoms with Gasteiger partial charge >= 0.3 is 0 Å². The summed E-state index contributed by atoms with van der Waals surface area (Å²) < 4.78 is 10.9. The van der Waals surface area contributed by atoms with Gasteiger partial charge in [0.15, 0.2) is 11.5 Å². The van der Waals surface area contributed by atoms with Crippen LogP contribution in [-0.2, 0) is 4.79 Å². The second kappa shape index (κ2) is 8.13. The van der Waals surface area contributed by atoms with Gasteiger partial charge in [-0.15, -0.1) is 0 Å². The summed E-state index contributed by atoms with van der Waals surface area (Å²) in [5.41, 5.74) is 0.527. The van der Waals surface area contributed by atoms with Gasteiger partial charge in [-0.2, -0.15) is 0 Å². The SMILES string of the molecule is CCNC(=O)CCOc1ccc(C=O)cc1OCC. The third-order valence-corrected chi connectivity index (χ3v) is 2.36. The van der Waals surface area contributed by atoms with Gasteiger partial charge in [-0.05, 0) is 32.0 Å². The predicted molar refractivity (Wildman–Crippen MR) is 71.8 cm³/mol. The fraction of sp³-hybridized carbons (Fsp3) is 0.429. The number of aldehydes is 1. The molecule has 1 rings (SSSR count). The zero-order valence-electron chi connectivity index (χ0n) is 11.3. The Kier molecular flexibility index (Phi) is 6.43. The molecule has 0 aliphatic heterocycles. The summed E-state index contributed by atoms with van der Waals surface area (Å²) in [7, 11) is 0. The maximum absolute atomic E-state index is 11.3. The number of nitrogens with one attached hydrogen (secondary N) is 1. The molecule has 1 N–H and O–H groups in total. The van der Waals surface area contributed by atoms with E-state index >= 15 is 0 Å². The number of hydrogen-bond donors (Lipinski definition) is 1. The Bertz CT molecular complexity index is 431. The first-order valence-corrected chi connectivity index (χ1v) is 6.32. The van der Waals surface area contributed by atoms with E-state index in [9.17, 15) is 9.59 Å². The molecule has 0 aliphatic rings. The molecule has 1 aromatic rings. The Balaban J connectivity index is 2.61. The zero-order chi connectivity index (χ0) is 14.1. The molecule has 0 fully saturated rings. The molecular formula is C14H19NO4. The molecule has 1 amide bonds. The van der Waals surface area contributed by atoms with Crippen molar-refractivity contribution in [1.29, 1.82) is 0 Å². The lowest BCUT2D eigenvalue weighted by atomic mass is 10.2. The van der Waals surface area contributed by atoms with Crippen LogP contribution in [0, 0.1) is 0 Å². The first kappa shape index (κ1) is 15.0. The van der Waals surface area contributed by atoms with Crippen molar-refractivity contribution in [2.45, 2.75) is 20.3 Å². The normalized spacial score (nSPS) is 9.79. The molecule has 0 unspecified atom stereocenters. The van der Waals surface area contributed by atoms with Crippen LogP contribution < -0.4 is 14.8 Å². The predicted octanol–water partition coefficient (Wildman–Crippen LogP) is 1.80. The van der Waals surface area contributed by atoms with Crippen LogP contribution in [0.1, 0.15) is 30.6 Å². The van der Waals surface area contributed by atoms with E-state index in [1.54, 1.807) is 18.2 Å². The summed E-state index contributed by atoms with van der Waals surface area (Å²) in [6.07, 6.45) is 1.04. The number of ether oxygens (including phenoxy) is 2. The van der Waals surface area contributed by atoms with Crippen LogP contribution in [-0.4, -0.2) is 32.0 Å². The molecule has 0 bridgehead atoms. The molecule has 0 saturated heterocycles. The molecule has 1 aromatic carbocycles. The Labute approximate surface area is 112 Å². The number of rotatable bonds is 8. The van der Waals surface area contributed by atoms with E-state index in [-0.39, 0.29) is 18.9 Å². The number of amides is 1. The number of benzene rings is 1. The van der Waals surface area contributed by atoms with Crippen molar-refractivity contribution in [3.63, 3.8) is 0 Å². The van der Waals surface area contributed by atoms with Crippen molar-refractivity contribution >= 4 is 12.2 Å². The van der Waals surface area contributed by atoms with Gasteiger partial charge in [0.2, 0.25) is 5.91 Å². The van der Waals surface area contributed by atoms with Gasteiger partial charge in [0.05, 0.1) is 19.6 Å². The van der Waals surface area contributed by atoms with Gasteiger partial charge in [-0.3, -0.25) is 9.59 Å². The largest absolute Gasteiger partial charge is 0.490 e. The highest BCUT2D eigenvalue weighted by Gasteiger charge is 2.07.